The molecule has 0 unspecified atom stereocenters. The first-order chi connectivity index (χ1) is 5.24. The lowest BCUT2D eigenvalue weighted by atomic mass is 9.99. The van der Waals surface area contributed by atoms with Crippen molar-refractivity contribution in [3.05, 3.63) is 0 Å². The first-order valence-electron chi connectivity index (χ1n) is 4.00. The summed E-state index contributed by atoms with van der Waals surface area (Å²) in [6, 6.07) is 0. The number of hydrogen-bond donors (Lipinski definition) is 2. The van der Waals surface area contributed by atoms with Gasteiger partial charge in [-0.3, -0.25) is 4.79 Å². The molecule has 9 heavy (non-hydrogen) atoms. The lowest BCUT2D eigenvalue weighted by molar-refractivity contribution is -0.142. The van der Waals surface area contributed by atoms with Crippen LogP contribution in [0.2, 0.25) is 1.41 Å². The molecule has 1 aliphatic rings. The summed E-state index contributed by atoms with van der Waals surface area (Å²) in [4.78, 5) is 10.8. The predicted molar refractivity (Wildman–Crippen MR) is 33.2 cm³/mol. The molecule has 0 aromatic carbocycles. The molecular formula is C6H11NO2. The SMILES string of the molecule is [2H]OC(=O)C1CCN([2H])CC1. The van der Waals surface area contributed by atoms with Crippen LogP contribution in [-0.4, -0.2) is 24.2 Å². The standard InChI is InChI=1S/C6H11NO2/c8-6(9)5-1-3-7-4-2-5/h5,7H,1-4H2,(H,8,9)/i/hD2. The topological polar surface area (TPSA) is 49.3 Å². The highest BCUT2D eigenvalue weighted by Gasteiger charge is 2.18. The first-order valence-corrected chi connectivity index (χ1v) is 3.15. The van der Waals surface area contributed by atoms with E-state index in [1.807, 2.05) is 0 Å². The van der Waals surface area contributed by atoms with Crippen LogP contribution in [0.25, 0.3) is 1.43 Å². The molecule has 0 aromatic rings. The summed E-state index contributed by atoms with van der Waals surface area (Å²) < 4.78 is 13.6. The van der Waals surface area contributed by atoms with Crippen LogP contribution in [0.15, 0.2) is 0 Å². The molecule has 2 N–H and O–H groups in total. The van der Waals surface area contributed by atoms with E-state index in [2.05, 4.69) is 5.11 Å². The van der Waals surface area contributed by atoms with Gasteiger partial charge in [0.2, 0.25) is 0 Å². The second-order valence-corrected chi connectivity index (χ2v) is 2.26. The average Bonchev–Trinajstić information content (AvgIpc) is 2.05. The maximum absolute atomic E-state index is 10.8. The molecule has 1 rings (SSSR count). The Bertz CT molecular complexity index is 146. The van der Waals surface area contributed by atoms with Gasteiger partial charge in [-0.15, -0.1) is 0 Å². The highest BCUT2D eigenvalue weighted by atomic mass is 16.4. The molecule has 52 valence electrons. The zero-order valence-electron chi connectivity index (χ0n) is 7.17. The zero-order chi connectivity index (χ0) is 8.27. The summed E-state index contributed by atoms with van der Waals surface area (Å²) in [5.41, 5.74) is 0. The summed E-state index contributed by atoms with van der Waals surface area (Å²) in [7, 11) is 0. The maximum atomic E-state index is 10.8. The van der Waals surface area contributed by atoms with Crippen LogP contribution in [0, 0.1) is 5.92 Å². The van der Waals surface area contributed by atoms with Gasteiger partial charge in [0, 0.05) is 0 Å². The molecule has 0 spiro atoms. The molecule has 3 nitrogen and oxygen atoms in total. The molecule has 0 aromatic heterocycles. The Hall–Kier alpha value is -0.570. The van der Waals surface area contributed by atoms with Crippen molar-refractivity contribution >= 4 is 5.97 Å². The van der Waals surface area contributed by atoms with Gasteiger partial charge >= 0.3 is 5.97 Å². The van der Waals surface area contributed by atoms with Gasteiger partial charge in [0.05, 0.1) is 5.92 Å². The van der Waals surface area contributed by atoms with Crippen molar-refractivity contribution in [3.63, 3.8) is 0 Å². The Morgan fingerprint density at radius 3 is 3.00 bits per heavy atom. The molecule has 0 aliphatic carbocycles. The van der Waals surface area contributed by atoms with Crippen molar-refractivity contribution in [2.45, 2.75) is 12.8 Å². The van der Waals surface area contributed by atoms with E-state index in [0.29, 0.717) is 25.9 Å². The van der Waals surface area contributed by atoms with Gasteiger partial charge in [-0.05, 0) is 25.9 Å². The molecule has 1 heterocycles. The number of aliphatic carboxylic acids is 1. The van der Waals surface area contributed by atoms with Gasteiger partial charge in [-0.2, -0.15) is 0 Å². The van der Waals surface area contributed by atoms with Crippen LogP contribution >= 0.6 is 0 Å². The smallest absolute Gasteiger partial charge is 0.306 e. The molecule has 1 fully saturated rings. The fourth-order valence-corrected chi connectivity index (χ4v) is 0.986. The zero-order valence-corrected chi connectivity index (χ0v) is 5.17. The highest BCUT2D eigenvalue weighted by molar-refractivity contribution is 5.70. The number of carboxylic acids is 1. The van der Waals surface area contributed by atoms with Crippen molar-refractivity contribution in [2.75, 3.05) is 13.1 Å². The largest absolute Gasteiger partial charge is 0.481 e. The minimum absolute atomic E-state index is 0.158. The minimum atomic E-state index is -0.460. The third-order valence-electron chi connectivity index (χ3n) is 1.60. The molecule has 0 bridgehead atoms. The third-order valence-corrected chi connectivity index (χ3v) is 1.60. The van der Waals surface area contributed by atoms with E-state index >= 15 is 0 Å². The Balaban J connectivity index is 2.33. The van der Waals surface area contributed by atoms with E-state index < -0.39 is 5.97 Å². The van der Waals surface area contributed by atoms with E-state index in [4.69, 9.17) is 2.84 Å². The second-order valence-electron chi connectivity index (χ2n) is 2.26. The molecule has 1 saturated heterocycles. The molecule has 0 radical (unpaired) electrons. The molecular weight excluding hydrogens is 118 g/mol. The quantitative estimate of drug-likeness (QED) is 0.529. The summed E-state index contributed by atoms with van der Waals surface area (Å²) in [5, 5.41) is 5.28. The van der Waals surface area contributed by atoms with Crippen molar-refractivity contribution in [1.82, 2.24) is 5.31 Å². The molecule has 3 heteroatoms. The number of carbonyl (C=O) groups is 1. The Kier molecular flexibility index (Phi) is 1.34. The number of piperidine rings is 1. The monoisotopic (exact) mass is 131 g/mol. The second kappa shape index (κ2) is 2.82. The normalized spacial score (nSPS) is 26.7. The minimum Gasteiger partial charge on any atom is -0.481 e. The summed E-state index contributed by atoms with van der Waals surface area (Å²) >= 11 is 0. The summed E-state index contributed by atoms with van der Waals surface area (Å²) in [6.07, 6.45) is 1.28. The summed E-state index contributed by atoms with van der Waals surface area (Å²) in [5.74, 6) is -0.618. The van der Waals surface area contributed by atoms with Crippen molar-refractivity contribution < 1.29 is 11.3 Å². The lowest BCUT2D eigenvalue weighted by Gasteiger charge is -2.17. The van der Waals surface area contributed by atoms with Crippen LogP contribution in [0.1, 0.15) is 12.8 Å². The fourth-order valence-electron chi connectivity index (χ4n) is 0.986. The first kappa shape index (κ1) is 4.28. The van der Waals surface area contributed by atoms with E-state index in [9.17, 15) is 4.79 Å². The van der Waals surface area contributed by atoms with Gasteiger partial charge in [-0.1, -0.05) is 0 Å². The van der Waals surface area contributed by atoms with Gasteiger partial charge < -0.3 is 10.4 Å². The van der Waals surface area contributed by atoms with Gasteiger partial charge in [0.25, 0.3) is 1.43 Å². The van der Waals surface area contributed by atoms with Crippen molar-refractivity contribution in [1.29, 1.82) is 1.43 Å². The van der Waals surface area contributed by atoms with E-state index in [0.717, 1.165) is 0 Å². The van der Waals surface area contributed by atoms with E-state index in [-0.39, 0.29) is 5.92 Å². The maximum Gasteiger partial charge on any atom is 0.306 e. The average molecular weight is 131 g/mol. The van der Waals surface area contributed by atoms with Crippen molar-refractivity contribution in [2.24, 2.45) is 5.92 Å². The Morgan fingerprint density at radius 2 is 2.44 bits per heavy atom. The number of rotatable bonds is 1. The number of nitrogens with one attached hydrogen (secondary N) is 1. The van der Waals surface area contributed by atoms with E-state index in [1.165, 1.54) is 5.31 Å². The van der Waals surface area contributed by atoms with Crippen molar-refractivity contribution in [3.8, 4) is 0 Å². The molecule has 0 atom stereocenters. The number of carboxylic acid groups (broad SMARTS) is 1. The fraction of sp³-hybridized carbons (Fsp3) is 0.833. The molecule has 1 aliphatic heterocycles. The van der Waals surface area contributed by atoms with Crippen LogP contribution in [-0.2, 0) is 4.79 Å². The Labute approximate surface area is 57.0 Å². The molecule has 0 amide bonds. The van der Waals surface area contributed by atoms with Gasteiger partial charge in [0.15, 0.2) is 0 Å². The highest BCUT2D eigenvalue weighted by Crippen LogP contribution is 2.10. The van der Waals surface area contributed by atoms with Crippen LogP contribution in [0.5, 0.6) is 0 Å². The third kappa shape index (κ3) is 1.68. The van der Waals surface area contributed by atoms with Crippen LogP contribution in [0.4, 0.5) is 0 Å². The predicted octanol–water partition coefficient (Wildman–Crippen LogP) is 0.0706. The van der Waals surface area contributed by atoms with Gasteiger partial charge in [0.1, 0.15) is 1.41 Å². The number of hydrogen-bond acceptors (Lipinski definition) is 3. The Morgan fingerprint density at radius 1 is 1.78 bits per heavy atom. The lowest BCUT2D eigenvalue weighted by Crippen LogP contribution is -2.31. The van der Waals surface area contributed by atoms with E-state index in [1.54, 1.807) is 0 Å². The van der Waals surface area contributed by atoms with Gasteiger partial charge in [-0.25, -0.2) is 0 Å². The van der Waals surface area contributed by atoms with Crippen LogP contribution < -0.4 is 5.31 Å². The summed E-state index contributed by atoms with van der Waals surface area (Å²) in [6.45, 7) is 1.19. The van der Waals surface area contributed by atoms with Crippen LogP contribution in [0.3, 0.4) is 0 Å². The molecule has 0 saturated carbocycles.